The van der Waals surface area contributed by atoms with E-state index in [4.69, 9.17) is 4.74 Å². The van der Waals surface area contributed by atoms with E-state index < -0.39 is 0 Å². The van der Waals surface area contributed by atoms with Gasteiger partial charge in [0.25, 0.3) is 5.91 Å². The Kier molecular flexibility index (Phi) is 7.45. The highest BCUT2D eigenvalue weighted by atomic mass is 16.6. The van der Waals surface area contributed by atoms with Gasteiger partial charge in [0.1, 0.15) is 17.8 Å². The minimum atomic E-state index is -0.250. The lowest BCUT2D eigenvalue weighted by molar-refractivity contribution is 0.0926. The van der Waals surface area contributed by atoms with Crippen LogP contribution < -0.4 is 10.6 Å². The Morgan fingerprint density at radius 2 is 1.79 bits per heavy atom. The predicted octanol–water partition coefficient (Wildman–Crippen LogP) is 2.96. The first-order valence-electron chi connectivity index (χ1n) is 10.5. The van der Waals surface area contributed by atoms with E-state index in [0.29, 0.717) is 31.2 Å². The topological polar surface area (TPSA) is 96.5 Å². The van der Waals surface area contributed by atoms with Gasteiger partial charge in [0, 0.05) is 31.2 Å². The monoisotopic (exact) mass is 389 g/mol. The van der Waals surface area contributed by atoms with Gasteiger partial charge in [-0.25, -0.2) is 14.8 Å². The van der Waals surface area contributed by atoms with Crippen LogP contribution in [0.1, 0.15) is 68.8 Å². The summed E-state index contributed by atoms with van der Waals surface area (Å²) in [7, 11) is 0. The van der Waals surface area contributed by atoms with E-state index in [1.165, 1.54) is 32.0 Å². The molecule has 0 unspecified atom stereocenters. The first-order chi connectivity index (χ1) is 13.7. The van der Waals surface area contributed by atoms with Gasteiger partial charge >= 0.3 is 6.09 Å². The van der Waals surface area contributed by atoms with E-state index in [0.717, 1.165) is 25.7 Å². The number of hydrogen-bond donors (Lipinski definition) is 2. The molecule has 3 rings (SSSR count). The number of carbonyl (C=O) groups is 2. The van der Waals surface area contributed by atoms with Gasteiger partial charge in [-0.05, 0) is 32.6 Å². The third kappa shape index (κ3) is 5.81. The SMILES string of the molecule is CCOC(=O)N1CCC(Nc2cc(C(=O)NC3CCCCCC3)ncn2)CC1. The summed E-state index contributed by atoms with van der Waals surface area (Å²) in [4.78, 5) is 34.5. The second-order valence-corrected chi connectivity index (χ2v) is 7.56. The summed E-state index contributed by atoms with van der Waals surface area (Å²) in [5.41, 5.74) is 0.394. The van der Waals surface area contributed by atoms with Crippen LogP contribution in [0.5, 0.6) is 0 Å². The van der Waals surface area contributed by atoms with Gasteiger partial charge in [0.15, 0.2) is 0 Å². The maximum absolute atomic E-state index is 12.6. The van der Waals surface area contributed by atoms with E-state index in [2.05, 4.69) is 20.6 Å². The number of aromatic nitrogens is 2. The molecule has 0 aromatic carbocycles. The van der Waals surface area contributed by atoms with E-state index in [1.54, 1.807) is 11.0 Å². The van der Waals surface area contributed by atoms with E-state index >= 15 is 0 Å². The van der Waals surface area contributed by atoms with Crippen LogP contribution >= 0.6 is 0 Å². The molecule has 2 fully saturated rings. The van der Waals surface area contributed by atoms with E-state index in [1.807, 2.05) is 6.92 Å². The number of piperidine rings is 1. The summed E-state index contributed by atoms with van der Waals surface area (Å²) in [6, 6.07) is 2.16. The molecule has 1 saturated carbocycles. The van der Waals surface area contributed by atoms with Crippen LogP contribution in [-0.4, -0.2) is 58.6 Å². The second-order valence-electron chi connectivity index (χ2n) is 7.56. The quantitative estimate of drug-likeness (QED) is 0.752. The van der Waals surface area contributed by atoms with Crippen molar-refractivity contribution in [2.45, 2.75) is 70.4 Å². The molecule has 154 valence electrons. The van der Waals surface area contributed by atoms with Crippen molar-refractivity contribution < 1.29 is 14.3 Å². The first kappa shape index (κ1) is 20.4. The molecule has 8 nitrogen and oxygen atoms in total. The molecule has 1 aromatic rings. The molecule has 1 aromatic heterocycles. The van der Waals surface area contributed by atoms with Gasteiger partial charge in [0.05, 0.1) is 6.61 Å². The number of amides is 2. The van der Waals surface area contributed by atoms with Crippen LogP contribution in [0.25, 0.3) is 0 Å². The summed E-state index contributed by atoms with van der Waals surface area (Å²) in [6.45, 7) is 3.50. The standard InChI is InChI=1S/C20H31N5O3/c1-2-28-20(27)25-11-9-16(10-12-25)23-18-13-17(21-14-22-18)19(26)24-15-7-5-3-4-6-8-15/h13-16H,2-12H2,1H3,(H,24,26)(H,21,22,23). The Hall–Kier alpha value is -2.38. The number of carbonyl (C=O) groups excluding carboxylic acids is 2. The lowest BCUT2D eigenvalue weighted by atomic mass is 10.1. The zero-order valence-corrected chi connectivity index (χ0v) is 16.7. The highest BCUT2D eigenvalue weighted by molar-refractivity contribution is 5.93. The molecular formula is C20H31N5O3. The molecule has 0 spiro atoms. The fourth-order valence-electron chi connectivity index (χ4n) is 3.87. The molecule has 1 aliphatic carbocycles. The molecule has 1 aliphatic heterocycles. The average molecular weight is 390 g/mol. The molecule has 2 heterocycles. The lowest BCUT2D eigenvalue weighted by Gasteiger charge is -2.31. The fraction of sp³-hybridized carbons (Fsp3) is 0.700. The molecule has 0 atom stereocenters. The Morgan fingerprint density at radius 3 is 2.46 bits per heavy atom. The molecule has 0 bridgehead atoms. The molecule has 28 heavy (non-hydrogen) atoms. The second kappa shape index (κ2) is 10.2. The van der Waals surface area contributed by atoms with Gasteiger partial charge in [-0.15, -0.1) is 0 Å². The van der Waals surface area contributed by atoms with Crippen LogP contribution in [0.2, 0.25) is 0 Å². The molecule has 2 N–H and O–H groups in total. The zero-order valence-electron chi connectivity index (χ0n) is 16.7. The normalized spacial score (nSPS) is 19.0. The molecular weight excluding hydrogens is 358 g/mol. The first-order valence-corrected chi connectivity index (χ1v) is 10.5. The Balaban J connectivity index is 1.51. The Labute approximate surface area is 166 Å². The molecule has 1 saturated heterocycles. The molecule has 0 radical (unpaired) electrons. The van der Waals surface area contributed by atoms with Crippen LogP contribution in [0.3, 0.4) is 0 Å². The minimum absolute atomic E-state index is 0.130. The van der Waals surface area contributed by atoms with Crippen molar-refractivity contribution in [1.29, 1.82) is 0 Å². The Bertz CT molecular complexity index is 653. The largest absolute Gasteiger partial charge is 0.450 e. The highest BCUT2D eigenvalue weighted by Gasteiger charge is 2.24. The summed E-state index contributed by atoms with van der Waals surface area (Å²) in [5, 5.41) is 6.49. The molecule has 2 amide bonds. The summed E-state index contributed by atoms with van der Waals surface area (Å²) in [5.74, 6) is 0.519. The van der Waals surface area contributed by atoms with E-state index in [-0.39, 0.29) is 24.1 Å². The number of likely N-dealkylation sites (tertiary alicyclic amines) is 1. The molecule has 2 aliphatic rings. The summed E-state index contributed by atoms with van der Waals surface area (Å²) in [6.07, 6.45) is 9.74. The van der Waals surface area contributed by atoms with Crippen LogP contribution in [-0.2, 0) is 4.74 Å². The summed E-state index contributed by atoms with van der Waals surface area (Å²) >= 11 is 0. The highest BCUT2D eigenvalue weighted by Crippen LogP contribution is 2.19. The number of anilines is 1. The molecule has 8 heteroatoms. The summed E-state index contributed by atoms with van der Waals surface area (Å²) < 4.78 is 5.05. The van der Waals surface area contributed by atoms with Crippen molar-refractivity contribution in [3.05, 3.63) is 18.1 Å². The van der Waals surface area contributed by atoms with Crippen molar-refractivity contribution in [3.8, 4) is 0 Å². The number of nitrogens with zero attached hydrogens (tertiary/aromatic N) is 3. The van der Waals surface area contributed by atoms with Crippen molar-refractivity contribution in [1.82, 2.24) is 20.2 Å². The van der Waals surface area contributed by atoms with Crippen LogP contribution in [0.15, 0.2) is 12.4 Å². The zero-order chi connectivity index (χ0) is 19.8. The van der Waals surface area contributed by atoms with Gasteiger partial charge in [-0.3, -0.25) is 4.79 Å². The predicted molar refractivity (Wildman–Crippen MR) is 106 cm³/mol. The van der Waals surface area contributed by atoms with Gasteiger partial charge in [-0.2, -0.15) is 0 Å². The average Bonchev–Trinajstić information content (AvgIpc) is 2.97. The number of nitrogens with one attached hydrogen (secondary N) is 2. The van der Waals surface area contributed by atoms with Crippen molar-refractivity contribution >= 4 is 17.8 Å². The third-order valence-corrected chi connectivity index (χ3v) is 5.46. The van der Waals surface area contributed by atoms with Crippen LogP contribution in [0.4, 0.5) is 10.6 Å². The van der Waals surface area contributed by atoms with Gasteiger partial charge in [0.2, 0.25) is 0 Å². The maximum Gasteiger partial charge on any atom is 0.409 e. The third-order valence-electron chi connectivity index (χ3n) is 5.46. The number of rotatable bonds is 5. The Morgan fingerprint density at radius 1 is 1.07 bits per heavy atom. The van der Waals surface area contributed by atoms with Gasteiger partial charge in [-0.1, -0.05) is 25.7 Å². The smallest absolute Gasteiger partial charge is 0.409 e. The van der Waals surface area contributed by atoms with Crippen molar-refractivity contribution in [2.24, 2.45) is 0 Å². The maximum atomic E-state index is 12.6. The minimum Gasteiger partial charge on any atom is -0.450 e. The fourth-order valence-corrected chi connectivity index (χ4v) is 3.87. The van der Waals surface area contributed by atoms with E-state index in [9.17, 15) is 9.59 Å². The number of ether oxygens (including phenoxy) is 1. The van der Waals surface area contributed by atoms with Gasteiger partial charge < -0.3 is 20.3 Å². The van der Waals surface area contributed by atoms with Crippen molar-refractivity contribution in [2.75, 3.05) is 25.0 Å². The van der Waals surface area contributed by atoms with Crippen molar-refractivity contribution in [3.63, 3.8) is 0 Å². The lowest BCUT2D eigenvalue weighted by Crippen LogP contribution is -2.42. The number of hydrogen-bond acceptors (Lipinski definition) is 6. The van der Waals surface area contributed by atoms with Crippen LogP contribution in [0, 0.1) is 0 Å².